The highest BCUT2D eigenvalue weighted by Crippen LogP contribution is 2.37. The van der Waals surface area contributed by atoms with Crippen LogP contribution in [0.4, 0.5) is 10.5 Å². The molecule has 0 aliphatic carbocycles. The Bertz CT molecular complexity index is 896. The van der Waals surface area contributed by atoms with Crippen molar-refractivity contribution in [2.45, 2.75) is 35.7 Å². The Hall–Kier alpha value is -2.71. The number of hydrogen-bond donors (Lipinski definition) is 3. The Morgan fingerprint density at radius 1 is 1.43 bits per heavy atom. The van der Waals surface area contributed by atoms with E-state index in [-0.39, 0.29) is 12.0 Å². The first kappa shape index (κ1) is 20.0. The molecule has 0 fully saturated rings. The third-order valence-corrected chi connectivity index (χ3v) is 5.86. The minimum atomic E-state index is -0.828. The van der Waals surface area contributed by atoms with Crippen LogP contribution in [0.2, 0.25) is 0 Å². The van der Waals surface area contributed by atoms with Crippen LogP contribution >= 0.6 is 23.5 Å². The second-order valence-corrected chi connectivity index (χ2v) is 8.35. The summed E-state index contributed by atoms with van der Waals surface area (Å²) in [6.07, 6.45) is 1.93. The van der Waals surface area contributed by atoms with E-state index >= 15 is 0 Å². The number of carbonyl (C=O) groups excluding carboxylic acids is 3. The van der Waals surface area contributed by atoms with Crippen LogP contribution in [0.25, 0.3) is 0 Å². The van der Waals surface area contributed by atoms with Crippen molar-refractivity contribution in [3.8, 4) is 6.07 Å². The molecule has 2 unspecified atom stereocenters. The number of aromatic nitrogens is 1. The van der Waals surface area contributed by atoms with Crippen LogP contribution in [0.1, 0.15) is 19.4 Å². The largest absolute Gasteiger partial charge is 0.447 e. The zero-order chi connectivity index (χ0) is 20.3. The summed E-state index contributed by atoms with van der Waals surface area (Å²) < 4.78 is 4.90. The average molecular weight is 419 g/mol. The summed E-state index contributed by atoms with van der Waals surface area (Å²) >= 11 is 2.59. The number of rotatable bonds is 4. The molecule has 0 spiro atoms. The first-order valence-electron chi connectivity index (χ1n) is 8.34. The van der Waals surface area contributed by atoms with Gasteiger partial charge in [0.15, 0.2) is 5.37 Å². The van der Waals surface area contributed by atoms with Gasteiger partial charge in [-0.1, -0.05) is 17.8 Å². The molecule has 3 heterocycles. The van der Waals surface area contributed by atoms with Crippen LogP contribution in [0.15, 0.2) is 28.9 Å². The minimum Gasteiger partial charge on any atom is -0.447 e. The monoisotopic (exact) mass is 419 g/mol. The van der Waals surface area contributed by atoms with Crippen molar-refractivity contribution in [1.82, 2.24) is 15.6 Å². The Labute approximate surface area is 169 Å². The van der Waals surface area contributed by atoms with Gasteiger partial charge in [-0.2, -0.15) is 5.26 Å². The van der Waals surface area contributed by atoms with Crippen LogP contribution in [-0.2, 0) is 14.3 Å². The van der Waals surface area contributed by atoms with Gasteiger partial charge in [0.05, 0.1) is 17.4 Å². The Morgan fingerprint density at radius 3 is 2.93 bits per heavy atom. The number of carbonyl (C=O) groups is 3. The number of nitriles is 1. The molecule has 3 amide bonds. The standard InChI is InChI=1S/C17H17N5O4S2/c1-8(2)26-17(25)22-12(23)10-3-4-27-14(10)21-13(24)16-20-11-5-9(6-18)7-19-15(11)28-16/h3,5,7-8,14,16,20H,4H2,1-2H3,(H,21,24)(H,22,23,25). The van der Waals surface area contributed by atoms with E-state index in [4.69, 9.17) is 10.00 Å². The lowest BCUT2D eigenvalue weighted by molar-refractivity contribution is -0.120. The van der Waals surface area contributed by atoms with Crippen LogP contribution in [-0.4, -0.2) is 45.5 Å². The van der Waals surface area contributed by atoms with Crippen LogP contribution in [0, 0.1) is 11.3 Å². The molecule has 0 saturated heterocycles. The molecule has 2 aliphatic heterocycles. The molecule has 3 rings (SSSR count). The molecule has 11 heteroatoms. The van der Waals surface area contributed by atoms with Gasteiger partial charge >= 0.3 is 6.09 Å². The van der Waals surface area contributed by atoms with Crippen molar-refractivity contribution in [3.63, 3.8) is 0 Å². The number of hydrogen-bond acceptors (Lipinski definition) is 9. The molecule has 0 saturated carbocycles. The van der Waals surface area contributed by atoms with Crippen molar-refractivity contribution in [1.29, 1.82) is 5.26 Å². The van der Waals surface area contributed by atoms with Crippen molar-refractivity contribution in [2.24, 2.45) is 0 Å². The van der Waals surface area contributed by atoms with E-state index in [0.717, 1.165) is 0 Å². The topological polar surface area (TPSA) is 133 Å². The fraction of sp³-hybridized carbons (Fsp3) is 0.353. The molecular formula is C17H17N5O4S2. The maximum atomic E-state index is 12.6. The van der Waals surface area contributed by atoms with E-state index in [1.165, 1.54) is 29.7 Å². The number of thioether (sulfide) groups is 2. The van der Waals surface area contributed by atoms with Gasteiger partial charge < -0.3 is 15.4 Å². The summed E-state index contributed by atoms with van der Waals surface area (Å²) in [5, 5.41) is 16.3. The van der Waals surface area contributed by atoms with Gasteiger partial charge in [-0.15, -0.1) is 11.8 Å². The fourth-order valence-corrected chi connectivity index (χ4v) is 4.48. The number of imide groups is 1. The smallest absolute Gasteiger partial charge is 0.414 e. The zero-order valence-corrected chi connectivity index (χ0v) is 16.6. The molecule has 28 heavy (non-hydrogen) atoms. The number of nitrogens with one attached hydrogen (secondary N) is 3. The van der Waals surface area contributed by atoms with Crippen molar-refractivity contribution >= 4 is 47.1 Å². The molecule has 3 N–H and O–H groups in total. The molecule has 0 bridgehead atoms. The summed E-state index contributed by atoms with van der Waals surface area (Å²) in [5.41, 5.74) is 1.31. The molecular weight excluding hydrogens is 402 g/mol. The zero-order valence-electron chi connectivity index (χ0n) is 15.0. The van der Waals surface area contributed by atoms with E-state index in [1.807, 2.05) is 6.07 Å². The van der Waals surface area contributed by atoms with E-state index in [9.17, 15) is 14.4 Å². The number of fused-ring (bicyclic) bond motifs is 1. The summed E-state index contributed by atoms with van der Waals surface area (Å²) in [6, 6.07) is 3.63. The van der Waals surface area contributed by atoms with Crippen LogP contribution in [0.5, 0.6) is 0 Å². The predicted octanol–water partition coefficient (Wildman–Crippen LogP) is 1.57. The number of anilines is 1. The highest BCUT2D eigenvalue weighted by molar-refractivity contribution is 8.01. The highest BCUT2D eigenvalue weighted by Gasteiger charge is 2.34. The fourth-order valence-electron chi connectivity index (χ4n) is 2.49. The van der Waals surface area contributed by atoms with Crippen molar-refractivity contribution in [3.05, 3.63) is 29.5 Å². The Morgan fingerprint density at radius 2 is 2.21 bits per heavy atom. The van der Waals surface area contributed by atoms with Gasteiger partial charge in [0.1, 0.15) is 16.5 Å². The lowest BCUT2D eigenvalue weighted by atomic mass is 10.2. The Kier molecular flexibility index (Phi) is 6.11. The number of pyridine rings is 1. The quantitative estimate of drug-likeness (QED) is 0.665. The summed E-state index contributed by atoms with van der Waals surface area (Å²) in [7, 11) is 0. The third-order valence-electron chi connectivity index (χ3n) is 3.68. The van der Waals surface area contributed by atoms with Gasteiger partial charge in [0, 0.05) is 17.5 Å². The molecule has 0 aromatic carbocycles. The number of ether oxygens (including phenoxy) is 1. The molecule has 1 aromatic rings. The van der Waals surface area contributed by atoms with Gasteiger partial charge in [-0.05, 0) is 19.9 Å². The lowest BCUT2D eigenvalue weighted by Gasteiger charge is -2.18. The number of alkyl carbamates (subject to hydrolysis) is 1. The normalized spacial score (nSPS) is 19.9. The highest BCUT2D eigenvalue weighted by atomic mass is 32.2. The molecule has 2 aliphatic rings. The summed E-state index contributed by atoms with van der Waals surface area (Å²) in [6.45, 7) is 3.35. The van der Waals surface area contributed by atoms with Crippen LogP contribution in [0.3, 0.4) is 0 Å². The van der Waals surface area contributed by atoms with Crippen molar-refractivity contribution < 1.29 is 19.1 Å². The second kappa shape index (κ2) is 8.53. The molecule has 2 atom stereocenters. The molecule has 9 nitrogen and oxygen atoms in total. The average Bonchev–Trinajstić information content (AvgIpc) is 3.26. The number of nitrogens with zero attached hydrogens (tertiary/aromatic N) is 2. The summed E-state index contributed by atoms with van der Waals surface area (Å²) in [5.74, 6) is -0.396. The van der Waals surface area contributed by atoms with E-state index in [2.05, 4.69) is 20.9 Å². The van der Waals surface area contributed by atoms with E-state index in [1.54, 1.807) is 26.0 Å². The molecule has 0 radical (unpaired) electrons. The van der Waals surface area contributed by atoms with Gasteiger partial charge in [-0.25, -0.2) is 9.78 Å². The number of amides is 3. The third kappa shape index (κ3) is 4.58. The maximum Gasteiger partial charge on any atom is 0.414 e. The van der Waals surface area contributed by atoms with Gasteiger partial charge in [-0.3, -0.25) is 14.9 Å². The first-order valence-corrected chi connectivity index (χ1v) is 10.3. The predicted molar refractivity (Wildman–Crippen MR) is 104 cm³/mol. The maximum absolute atomic E-state index is 12.6. The molecule has 146 valence electrons. The molecule has 1 aromatic heterocycles. The lowest BCUT2D eigenvalue weighted by Crippen LogP contribution is -2.44. The Balaban J connectivity index is 1.58. The van der Waals surface area contributed by atoms with Gasteiger partial charge in [0.25, 0.3) is 11.8 Å². The van der Waals surface area contributed by atoms with E-state index in [0.29, 0.717) is 27.6 Å². The summed E-state index contributed by atoms with van der Waals surface area (Å²) in [4.78, 5) is 40.7. The minimum absolute atomic E-state index is 0.296. The van der Waals surface area contributed by atoms with Crippen molar-refractivity contribution in [2.75, 3.05) is 11.1 Å². The first-order chi connectivity index (χ1) is 13.4. The van der Waals surface area contributed by atoms with Crippen LogP contribution < -0.4 is 16.0 Å². The van der Waals surface area contributed by atoms with E-state index < -0.39 is 22.7 Å². The SMILES string of the molecule is CC(C)OC(=O)NC(=O)C1=CCSC1NC(=O)C1Nc2cc(C#N)cnc2S1. The second-order valence-electron chi connectivity index (χ2n) is 6.12. The van der Waals surface area contributed by atoms with Gasteiger partial charge in [0.2, 0.25) is 0 Å².